The molecular formula is C16H18N4. The van der Waals surface area contributed by atoms with Gasteiger partial charge in [-0.25, -0.2) is 9.97 Å². The Morgan fingerprint density at radius 3 is 2.70 bits per heavy atom. The minimum Gasteiger partial charge on any atom is -0.339 e. The molecule has 0 bridgehead atoms. The molecule has 2 aromatic heterocycles. The molecule has 0 aliphatic heterocycles. The van der Waals surface area contributed by atoms with Crippen LogP contribution in [0, 0.1) is 0 Å². The SMILES string of the molecule is CCNCc1cn(Cc2ncccn2)c2ccccc12. The number of hydrogen-bond donors (Lipinski definition) is 1. The molecular weight excluding hydrogens is 248 g/mol. The summed E-state index contributed by atoms with van der Waals surface area (Å²) in [5, 5.41) is 4.69. The summed E-state index contributed by atoms with van der Waals surface area (Å²) >= 11 is 0. The van der Waals surface area contributed by atoms with Crippen LogP contribution in [0.1, 0.15) is 18.3 Å². The van der Waals surface area contributed by atoms with E-state index in [1.165, 1.54) is 16.5 Å². The lowest BCUT2D eigenvalue weighted by Crippen LogP contribution is -2.11. The molecule has 1 N–H and O–H groups in total. The van der Waals surface area contributed by atoms with Crippen LogP contribution < -0.4 is 5.32 Å². The van der Waals surface area contributed by atoms with Crippen molar-refractivity contribution in [3.8, 4) is 0 Å². The molecule has 3 aromatic rings. The average Bonchev–Trinajstić information content (AvgIpc) is 2.85. The van der Waals surface area contributed by atoms with Crippen molar-refractivity contribution in [2.45, 2.75) is 20.0 Å². The summed E-state index contributed by atoms with van der Waals surface area (Å²) in [6, 6.07) is 10.3. The molecule has 4 heteroatoms. The van der Waals surface area contributed by atoms with Crippen LogP contribution in [0.3, 0.4) is 0 Å². The van der Waals surface area contributed by atoms with Crippen LogP contribution in [-0.2, 0) is 13.1 Å². The Kier molecular flexibility index (Phi) is 3.74. The maximum absolute atomic E-state index is 4.30. The van der Waals surface area contributed by atoms with Gasteiger partial charge in [-0.1, -0.05) is 25.1 Å². The highest BCUT2D eigenvalue weighted by molar-refractivity contribution is 5.84. The van der Waals surface area contributed by atoms with E-state index in [0.29, 0.717) is 6.54 Å². The number of para-hydroxylation sites is 1. The summed E-state index contributed by atoms with van der Waals surface area (Å²) in [6.45, 7) is 4.69. The molecule has 1 aromatic carbocycles. The van der Waals surface area contributed by atoms with Gasteiger partial charge in [-0.2, -0.15) is 0 Å². The number of nitrogens with one attached hydrogen (secondary N) is 1. The van der Waals surface area contributed by atoms with E-state index in [2.05, 4.69) is 57.2 Å². The second-order valence-corrected chi connectivity index (χ2v) is 4.74. The van der Waals surface area contributed by atoms with Crippen LogP contribution in [0.15, 0.2) is 48.9 Å². The summed E-state index contributed by atoms with van der Waals surface area (Å²) in [7, 11) is 0. The van der Waals surface area contributed by atoms with Gasteiger partial charge in [0.2, 0.25) is 0 Å². The van der Waals surface area contributed by atoms with Crippen molar-refractivity contribution in [2.24, 2.45) is 0 Å². The van der Waals surface area contributed by atoms with Crippen LogP contribution in [0.2, 0.25) is 0 Å². The predicted octanol–water partition coefficient (Wildman–Crippen LogP) is 2.59. The summed E-state index contributed by atoms with van der Waals surface area (Å²) < 4.78 is 2.22. The molecule has 0 aliphatic carbocycles. The van der Waals surface area contributed by atoms with Gasteiger partial charge < -0.3 is 9.88 Å². The van der Waals surface area contributed by atoms with E-state index < -0.39 is 0 Å². The maximum atomic E-state index is 4.30. The Balaban J connectivity index is 1.98. The van der Waals surface area contributed by atoms with E-state index >= 15 is 0 Å². The van der Waals surface area contributed by atoms with Crippen LogP contribution in [0.25, 0.3) is 10.9 Å². The molecule has 0 amide bonds. The molecule has 0 atom stereocenters. The summed E-state index contributed by atoms with van der Waals surface area (Å²) in [4.78, 5) is 8.61. The number of benzene rings is 1. The number of nitrogens with zero attached hydrogens (tertiary/aromatic N) is 3. The van der Waals surface area contributed by atoms with E-state index in [1.807, 2.05) is 6.07 Å². The lowest BCUT2D eigenvalue weighted by Gasteiger charge is -2.03. The molecule has 102 valence electrons. The lowest BCUT2D eigenvalue weighted by atomic mass is 10.2. The molecule has 0 fully saturated rings. The van der Waals surface area contributed by atoms with Crippen LogP contribution >= 0.6 is 0 Å². The van der Waals surface area contributed by atoms with Gasteiger partial charge in [-0.15, -0.1) is 0 Å². The fraction of sp³-hybridized carbons (Fsp3) is 0.250. The second kappa shape index (κ2) is 5.84. The van der Waals surface area contributed by atoms with Gasteiger partial charge in [0.15, 0.2) is 0 Å². The lowest BCUT2D eigenvalue weighted by molar-refractivity contribution is 0.719. The fourth-order valence-corrected chi connectivity index (χ4v) is 2.42. The van der Waals surface area contributed by atoms with Crippen LogP contribution in [0.5, 0.6) is 0 Å². The van der Waals surface area contributed by atoms with Crippen LogP contribution in [-0.4, -0.2) is 21.1 Å². The molecule has 0 saturated carbocycles. The quantitative estimate of drug-likeness (QED) is 0.772. The molecule has 2 heterocycles. The Hall–Kier alpha value is -2.20. The third-order valence-corrected chi connectivity index (χ3v) is 3.37. The van der Waals surface area contributed by atoms with Crippen molar-refractivity contribution in [1.82, 2.24) is 19.9 Å². The summed E-state index contributed by atoms with van der Waals surface area (Å²) in [5.74, 6) is 0.836. The molecule has 0 spiro atoms. The highest BCUT2D eigenvalue weighted by Gasteiger charge is 2.08. The average molecular weight is 266 g/mol. The standard InChI is InChI=1S/C16H18N4/c1-2-17-10-13-11-20(12-16-18-8-5-9-19-16)15-7-4-3-6-14(13)15/h3-9,11,17H,2,10,12H2,1H3. The molecule has 0 unspecified atom stereocenters. The Morgan fingerprint density at radius 1 is 1.10 bits per heavy atom. The van der Waals surface area contributed by atoms with Gasteiger partial charge in [0.05, 0.1) is 6.54 Å². The predicted molar refractivity (Wildman–Crippen MR) is 80.5 cm³/mol. The monoisotopic (exact) mass is 266 g/mol. The normalized spacial score (nSPS) is 11.1. The van der Waals surface area contributed by atoms with Gasteiger partial charge in [-0.3, -0.25) is 0 Å². The first-order valence-electron chi connectivity index (χ1n) is 6.92. The van der Waals surface area contributed by atoms with Crippen molar-refractivity contribution in [3.05, 3.63) is 60.3 Å². The maximum Gasteiger partial charge on any atom is 0.147 e. The smallest absolute Gasteiger partial charge is 0.147 e. The van der Waals surface area contributed by atoms with Gasteiger partial charge in [-0.05, 0) is 24.2 Å². The molecule has 3 rings (SSSR count). The van der Waals surface area contributed by atoms with E-state index in [9.17, 15) is 0 Å². The first-order chi connectivity index (χ1) is 9.88. The van der Waals surface area contributed by atoms with Crippen LogP contribution in [0.4, 0.5) is 0 Å². The van der Waals surface area contributed by atoms with Gasteiger partial charge in [0, 0.05) is 36.0 Å². The second-order valence-electron chi connectivity index (χ2n) is 4.74. The molecule has 4 nitrogen and oxygen atoms in total. The Morgan fingerprint density at radius 2 is 1.90 bits per heavy atom. The molecule has 0 saturated heterocycles. The van der Waals surface area contributed by atoms with E-state index in [4.69, 9.17) is 0 Å². The first kappa shape index (κ1) is 12.8. The third-order valence-electron chi connectivity index (χ3n) is 3.37. The zero-order valence-corrected chi connectivity index (χ0v) is 11.6. The van der Waals surface area contributed by atoms with Crippen molar-refractivity contribution < 1.29 is 0 Å². The topological polar surface area (TPSA) is 42.7 Å². The number of fused-ring (bicyclic) bond motifs is 1. The molecule has 0 radical (unpaired) electrons. The first-order valence-corrected chi connectivity index (χ1v) is 6.92. The summed E-state index contributed by atoms with van der Waals surface area (Å²) in [5.41, 5.74) is 2.55. The van der Waals surface area contributed by atoms with E-state index in [-0.39, 0.29) is 0 Å². The van der Waals surface area contributed by atoms with Crippen molar-refractivity contribution in [2.75, 3.05) is 6.54 Å². The fourth-order valence-electron chi connectivity index (χ4n) is 2.42. The minimum absolute atomic E-state index is 0.702. The number of rotatable bonds is 5. The molecule has 0 aliphatic rings. The minimum atomic E-state index is 0.702. The molecule has 20 heavy (non-hydrogen) atoms. The van der Waals surface area contributed by atoms with Gasteiger partial charge >= 0.3 is 0 Å². The Labute approximate surface area is 118 Å². The van der Waals surface area contributed by atoms with E-state index in [1.54, 1.807) is 12.4 Å². The highest BCUT2D eigenvalue weighted by atomic mass is 15.0. The van der Waals surface area contributed by atoms with Gasteiger partial charge in [0.25, 0.3) is 0 Å². The Bertz CT molecular complexity index is 688. The van der Waals surface area contributed by atoms with Crippen molar-refractivity contribution >= 4 is 10.9 Å². The number of aromatic nitrogens is 3. The zero-order chi connectivity index (χ0) is 13.8. The van der Waals surface area contributed by atoms with E-state index in [0.717, 1.165) is 18.9 Å². The highest BCUT2D eigenvalue weighted by Crippen LogP contribution is 2.21. The third kappa shape index (κ3) is 2.56. The van der Waals surface area contributed by atoms with Gasteiger partial charge in [0.1, 0.15) is 5.82 Å². The zero-order valence-electron chi connectivity index (χ0n) is 11.6. The van der Waals surface area contributed by atoms with Crippen molar-refractivity contribution in [1.29, 1.82) is 0 Å². The number of hydrogen-bond acceptors (Lipinski definition) is 3. The summed E-state index contributed by atoms with van der Waals surface area (Å²) in [6.07, 6.45) is 5.77. The van der Waals surface area contributed by atoms with Crippen molar-refractivity contribution in [3.63, 3.8) is 0 Å². The largest absolute Gasteiger partial charge is 0.339 e.